The van der Waals surface area contributed by atoms with E-state index in [1.54, 1.807) is 12.1 Å². The van der Waals surface area contributed by atoms with Crippen molar-refractivity contribution >= 4 is 53.5 Å². The molecule has 0 radical (unpaired) electrons. The van der Waals surface area contributed by atoms with E-state index in [2.05, 4.69) is 9.88 Å². The van der Waals surface area contributed by atoms with Gasteiger partial charge in [0.2, 0.25) is 0 Å². The molecular weight excluding hydrogens is 387 g/mol. The zero-order valence-electron chi connectivity index (χ0n) is 14.9. The second-order valence-corrected chi connectivity index (χ2v) is 6.33. The Labute approximate surface area is 170 Å². The van der Waals surface area contributed by atoms with Crippen LogP contribution >= 0.6 is 24.8 Å². The maximum Gasteiger partial charge on any atom is 0.298 e. The van der Waals surface area contributed by atoms with Gasteiger partial charge in [0.05, 0.1) is 5.56 Å². The molecule has 1 aromatic heterocycles. The number of hydrogen-bond donors (Lipinski definition) is 1. The quantitative estimate of drug-likeness (QED) is 0.656. The SMILES string of the molecule is Cc1ccc2oc(N3CCN(C(=O)c4ccccc4N)CC3)nc2c1.Cl.Cl. The van der Waals surface area contributed by atoms with Crippen molar-refractivity contribution in [1.82, 2.24) is 9.88 Å². The van der Waals surface area contributed by atoms with Crippen LogP contribution in [0.1, 0.15) is 15.9 Å². The van der Waals surface area contributed by atoms with Gasteiger partial charge in [-0.1, -0.05) is 18.2 Å². The number of para-hydroxylation sites is 1. The molecule has 1 aliphatic heterocycles. The Morgan fingerprint density at radius 2 is 1.78 bits per heavy atom. The number of carbonyl (C=O) groups excluding carboxylic acids is 1. The number of nitrogens with two attached hydrogens (primary N) is 1. The van der Waals surface area contributed by atoms with Crippen molar-refractivity contribution in [3.05, 3.63) is 53.6 Å². The zero-order chi connectivity index (χ0) is 17.4. The van der Waals surface area contributed by atoms with E-state index in [0.29, 0.717) is 43.4 Å². The Bertz CT molecular complexity index is 936. The van der Waals surface area contributed by atoms with Gasteiger partial charge < -0.3 is 20.0 Å². The van der Waals surface area contributed by atoms with Gasteiger partial charge in [-0.05, 0) is 36.8 Å². The summed E-state index contributed by atoms with van der Waals surface area (Å²) in [6, 6.07) is 13.8. The summed E-state index contributed by atoms with van der Waals surface area (Å²) in [6.07, 6.45) is 0. The number of aryl methyl sites for hydroxylation is 1. The molecule has 1 saturated heterocycles. The van der Waals surface area contributed by atoms with Gasteiger partial charge in [0.1, 0.15) is 5.52 Å². The molecule has 6 nitrogen and oxygen atoms in total. The zero-order valence-corrected chi connectivity index (χ0v) is 16.6. The van der Waals surface area contributed by atoms with Gasteiger partial charge in [0.15, 0.2) is 5.58 Å². The van der Waals surface area contributed by atoms with Crippen molar-refractivity contribution in [3.63, 3.8) is 0 Å². The minimum absolute atomic E-state index is 0. The van der Waals surface area contributed by atoms with E-state index in [9.17, 15) is 4.79 Å². The molecule has 1 aliphatic rings. The molecule has 1 amide bonds. The van der Waals surface area contributed by atoms with Crippen LogP contribution in [0.2, 0.25) is 0 Å². The molecule has 27 heavy (non-hydrogen) atoms. The van der Waals surface area contributed by atoms with E-state index in [0.717, 1.165) is 16.7 Å². The molecule has 0 spiro atoms. The number of halogens is 2. The lowest BCUT2D eigenvalue weighted by Gasteiger charge is -2.34. The maximum absolute atomic E-state index is 12.6. The average molecular weight is 409 g/mol. The summed E-state index contributed by atoms with van der Waals surface area (Å²) in [6.45, 7) is 4.64. The van der Waals surface area contributed by atoms with Gasteiger partial charge in [-0.2, -0.15) is 4.98 Å². The van der Waals surface area contributed by atoms with E-state index in [1.165, 1.54) is 0 Å². The first-order chi connectivity index (χ1) is 12.1. The van der Waals surface area contributed by atoms with Gasteiger partial charge >= 0.3 is 0 Å². The maximum atomic E-state index is 12.6. The third-order valence-electron chi connectivity index (χ3n) is 4.56. The Balaban J connectivity index is 0.00000131. The average Bonchev–Trinajstić information content (AvgIpc) is 3.05. The normalized spacial score (nSPS) is 13.8. The van der Waals surface area contributed by atoms with Crippen LogP contribution in [0.4, 0.5) is 11.7 Å². The molecule has 0 bridgehead atoms. The highest BCUT2D eigenvalue weighted by atomic mass is 35.5. The van der Waals surface area contributed by atoms with E-state index < -0.39 is 0 Å². The molecule has 144 valence electrons. The van der Waals surface area contributed by atoms with Gasteiger partial charge in [-0.3, -0.25) is 4.79 Å². The number of benzene rings is 2. The van der Waals surface area contributed by atoms with Crippen LogP contribution in [0.3, 0.4) is 0 Å². The summed E-state index contributed by atoms with van der Waals surface area (Å²) in [7, 11) is 0. The molecule has 1 fully saturated rings. The summed E-state index contributed by atoms with van der Waals surface area (Å²) in [5.41, 5.74) is 9.81. The molecule has 3 aromatic rings. The van der Waals surface area contributed by atoms with E-state index in [4.69, 9.17) is 10.2 Å². The third-order valence-corrected chi connectivity index (χ3v) is 4.56. The van der Waals surface area contributed by atoms with Crippen LogP contribution in [0.5, 0.6) is 0 Å². The number of fused-ring (bicyclic) bond motifs is 1. The fraction of sp³-hybridized carbons (Fsp3) is 0.263. The van der Waals surface area contributed by atoms with Gasteiger partial charge in [0.25, 0.3) is 11.9 Å². The minimum atomic E-state index is -0.0223. The molecule has 4 rings (SSSR count). The number of piperazine rings is 1. The van der Waals surface area contributed by atoms with Crippen LogP contribution in [0.15, 0.2) is 46.9 Å². The molecule has 2 N–H and O–H groups in total. The molecule has 0 atom stereocenters. The van der Waals surface area contributed by atoms with Gasteiger partial charge in [0, 0.05) is 31.9 Å². The molecule has 2 aromatic carbocycles. The fourth-order valence-corrected chi connectivity index (χ4v) is 3.12. The predicted octanol–water partition coefficient (Wildman–Crippen LogP) is 3.52. The van der Waals surface area contributed by atoms with Crippen LogP contribution < -0.4 is 10.6 Å². The number of anilines is 2. The smallest absolute Gasteiger partial charge is 0.298 e. The molecule has 8 heteroatoms. The number of aromatic nitrogens is 1. The first kappa shape index (κ1) is 20.9. The summed E-state index contributed by atoms with van der Waals surface area (Å²) in [4.78, 5) is 21.1. The molecule has 2 heterocycles. The Morgan fingerprint density at radius 3 is 2.48 bits per heavy atom. The standard InChI is InChI=1S/C19H20N4O2.2ClH/c1-13-6-7-17-16(12-13)21-19(25-17)23-10-8-22(9-11-23)18(24)14-4-2-3-5-15(14)20;;/h2-7,12H,8-11,20H2,1H3;2*1H. The van der Waals surface area contributed by atoms with E-state index in [-0.39, 0.29) is 30.7 Å². The van der Waals surface area contributed by atoms with Crippen molar-refractivity contribution in [1.29, 1.82) is 0 Å². The van der Waals surface area contributed by atoms with Gasteiger partial charge in [-0.25, -0.2) is 0 Å². The lowest BCUT2D eigenvalue weighted by Crippen LogP contribution is -2.49. The lowest BCUT2D eigenvalue weighted by atomic mass is 10.1. The van der Waals surface area contributed by atoms with Crippen LogP contribution in [0.25, 0.3) is 11.1 Å². The number of carbonyl (C=O) groups is 1. The number of oxazole rings is 1. The first-order valence-electron chi connectivity index (χ1n) is 8.38. The monoisotopic (exact) mass is 408 g/mol. The summed E-state index contributed by atoms with van der Waals surface area (Å²) in [5, 5.41) is 0. The number of rotatable bonds is 2. The highest BCUT2D eigenvalue weighted by Gasteiger charge is 2.25. The van der Waals surface area contributed by atoms with Crippen molar-refractivity contribution in [2.45, 2.75) is 6.92 Å². The van der Waals surface area contributed by atoms with E-state index in [1.807, 2.05) is 42.2 Å². The lowest BCUT2D eigenvalue weighted by molar-refractivity contribution is 0.0746. The Hall–Kier alpha value is -2.44. The topological polar surface area (TPSA) is 75.6 Å². The highest BCUT2D eigenvalue weighted by molar-refractivity contribution is 5.99. The second kappa shape index (κ2) is 8.50. The Morgan fingerprint density at radius 1 is 1.07 bits per heavy atom. The number of nitrogens with zero attached hydrogens (tertiary/aromatic N) is 3. The molecule has 0 saturated carbocycles. The summed E-state index contributed by atoms with van der Waals surface area (Å²) in [5.74, 6) is -0.0223. The predicted molar refractivity (Wildman–Crippen MR) is 112 cm³/mol. The summed E-state index contributed by atoms with van der Waals surface area (Å²) < 4.78 is 5.85. The van der Waals surface area contributed by atoms with Crippen LogP contribution in [0, 0.1) is 6.92 Å². The number of amides is 1. The van der Waals surface area contributed by atoms with Crippen molar-refractivity contribution < 1.29 is 9.21 Å². The largest absolute Gasteiger partial charge is 0.423 e. The highest BCUT2D eigenvalue weighted by Crippen LogP contribution is 2.24. The molecular formula is C19H22Cl2N4O2. The third kappa shape index (κ3) is 4.12. The second-order valence-electron chi connectivity index (χ2n) is 6.33. The van der Waals surface area contributed by atoms with E-state index >= 15 is 0 Å². The number of nitrogen functional groups attached to an aromatic ring is 1. The van der Waals surface area contributed by atoms with Crippen molar-refractivity contribution in [2.75, 3.05) is 36.8 Å². The van der Waals surface area contributed by atoms with Crippen molar-refractivity contribution in [3.8, 4) is 0 Å². The van der Waals surface area contributed by atoms with Crippen LogP contribution in [-0.2, 0) is 0 Å². The fourth-order valence-electron chi connectivity index (χ4n) is 3.12. The Kier molecular flexibility index (Phi) is 6.57. The molecule has 0 unspecified atom stereocenters. The number of hydrogen-bond acceptors (Lipinski definition) is 5. The van der Waals surface area contributed by atoms with Crippen LogP contribution in [-0.4, -0.2) is 42.0 Å². The summed E-state index contributed by atoms with van der Waals surface area (Å²) >= 11 is 0. The molecule has 0 aliphatic carbocycles. The van der Waals surface area contributed by atoms with Crippen molar-refractivity contribution in [2.24, 2.45) is 0 Å². The van der Waals surface area contributed by atoms with Gasteiger partial charge in [-0.15, -0.1) is 24.8 Å². The minimum Gasteiger partial charge on any atom is -0.423 e. The first-order valence-corrected chi connectivity index (χ1v) is 8.38.